The molecule has 0 unspecified atom stereocenters. The zero-order valence-corrected chi connectivity index (χ0v) is 15.5. The Morgan fingerprint density at radius 3 is 2.83 bits per heavy atom. The van der Waals surface area contributed by atoms with Crippen LogP contribution in [0.1, 0.15) is 0 Å². The predicted molar refractivity (Wildman–Crippen MR) is 111 cm³/mol. The molecule has 6 aromatic rings. The number of fused-ring (bicyclic) bond motifs is 2. The number of nitrogens with zero attached hydrogens (tertiary/aromatic N) is 7. The van der Waals surface area contributed by atoms with E-state index in [0.29, 0.717) is 22.7 Å². The van der Waals surface area contributed by atoms with Gasteiger partial charge in [0, 0.05) is 17.1 Å². The van der Waals surface area contributed by atoms with Crippen LogP contribution in [0.15, 0.2) is 67.4 Å². The van der Waals surface area contributed by atoms with Crippen molar-refractivity contribution in [1.82, 2.24) is 45.1 Å². The Morgan fingerprint density at radius 1 is 0.933 bits per heavy atom. The quantitative estimate of drug-likeness (QED) is 0.419. The van der Waals surface area contributed by atoms with E-state index in [9.17, 15) is 0 Å². The smallest absolute Gasteiger partial charge is 0.162 e. The Morgan fingerprint density at radius 2 is 1.90 bits per heavy atom. The van der Waals surface area contributed by atoms with E-state index < -0.39 is 0 Å². The number of anilines is 2. The summed E-state index contributed by atoms with van der Waals surface area (Å²) in [6.45, 7) is 0. The zero-order valence-electron chi connectivity index (χ0n) is 15.5. The highest BCUT2D eigenvalue weighted by molar-refractivity contribution is 5.89. The van der Waals surface area contributed by atoms with E-state index in [4.69, 9.17) is 4.98 Å². The molecule has 144 valence electrons. The second-order valence-corrected chi connectivity index (χ2v) is 6.68. The molecule has 5 heterocycles. The summed E-state index contributed by atoms with van der Waals surface area (Å²) in [4.78, 5) is 13.7. The van der Waals surface area contributed by atoms with Gasteiger partial charge >= 0.3 is 0 Å². The van der Waals surface area contributed by atoms with Crippen molar-refractivity contribution >= 4 is 33.4 Å². The first-order chi connectivity index (χ1) is 14.8. The van der Waals surface area contributed by atoms with Gasteiger partial charge in [-0.15, -0.1) is 0 Å². The summed E-state index contributed by atoms with van der Waals surface area (Å²) in [6.07, 6.45) is 8.76. The van der Waals surface area contributed by atoms with E-state index in [1.807, 2.05) is 42.6 Å². The van der Waals surface area contributed by atoms with Crippen molar-refractivity contribution in [2.75, 3.05) is 5.32 Å². The number of rotatable bonds is 4. The average molecular weight is 394 g/mol. The molecule has 0 radical (unpaired) electrons. The fourth-order valence-electron chi connectivity index (χ4n) is 3.27. The number of pyridine rings is 1. The molecule has 0 amide bonds. The molecule has 0 aliphatic rings. The van der Waals surface area contributed by atoms with Crippen molar-refractivity contribution in [3.8, 4) is 17.2 Å². The van der Waals surface area contributed by atoms with Gasteiger partial charge in [0.2, 0.25) is 0 Å². The lowest BCUT2D eigenvalue weighted by molar-refractivity contribution is 0.847. The van der Waals surface area contributed by atoms with Crippen LogP contribution in [0.4, 0.5) is 11.5 Å². The molecule has 6 rings (SSSR count). The molecular formula is C20H14N10. The first kappa shape index (κ1) is 16.4. The van der Waals surface area contributed by atoms with Crippen LogP contribution in [0.25, 0.3) is 39.1 Å². The van der Waals surface area contributed by atoms with Gasteiger partial charge in [0.1, 0.15) is 11.0 Å². The molecule has 0 aliphatic carbocycles. The van der Waals surface area contributed by atoms with Crippen LogP contribution in [-0.4, -0.2) is 45.1 Å². The summed E-state index contributed by atoms with van der Waals surface area (Å²) in [6, 6.07) is 11.6. The molecular weight excluding hydrogens is 380 g/mol. The Hall–Kier alpha value is -4.60. The second kappa shape index (κ2) is 6.48. The lowest BCUT2D eigenvalue weighted by Gasteiger charge is -2.07. The van der Waals surface area contributed by atoms with Gasteiger partial charge < -0.3 is 5.32 Å². The summed E-state index contributed by atoms with van der Waals surface area (Å²) in [7, 11) is 0. The Balaban J connectivity index is 1.40. The van der Waals surface area contributed by atoms with Gasteiger partial charge in [-0.3, -0.25) is 10.2 Å². The van der Waals surface area contributed by atoms with E-state index in [1.165, 1.54) is 0 Å². The second-order valence-electron chi connectivity index (χ2n) is 6.68. The Kier molecular flexibility index (Phi) is 3.54. The molecule has 0 atom stereocenters. The number of nitrogens with one attached hydrogen (secondary N) is 3. The van der Waals surface area contributed by atoms with E-state index >= 15 is 0 Å². The van der Waals surface area contributed by atoms with E-state index in [1.54, 1.807) is 29.5 Å². The normalized spacial score (nSPS) is 11.3. The van der Waals surface area contributed by atoms with Crippen LogP contribution >= 0.6 is 0 Å². The SMILES string of the molecule is c1ccc(-n2cc(Nc3nc(-c4ccc5cn[nH]c5c4)nc4cn[nH]c34)cn2)nc1. The van der Waals surface area contributed by atoms with Gasteiger partial charge in [0.05, 0.1) is 36.0 Å². The van der Waals surface area contributed by atoms with Gasteiger partial charge in [-0.2, -0.15) is 15.3 Å². The van der Waals surface area contributed by atoms with E-state index in [2.05, 4.69) is 40.8 Å². The molecule has 0 fully saturated rings. The van der Waals surface area contributed by atoms with Crippen molar-refractivity contribution < 1.29 is 0 Å². The lowest BCUT2D eigenvalue weighted by Crippen LogP contribution is -1.99. The molecule has 0 saturated carbocycles. The van der Waals surface area contributed by atoms with Crippen LogP contribution in [0.3, 0.4) is 0 Å². The molecule has 1 aromatic carbocycles. The van der Waals surface area contributed by atoms with Gasteiger partial charge in [-0.05, 0) is 18.2 Å². The summed E-state index contributed by atoms with van der Waals surface area (Å²) < 4.78 is 1.70. The molecule has 0 spiro atoms. The molecule has 10 nitrogen and oxygen atoms in total. The van der Waals surface area contributed by atoms with Crippen molar-refractivity contribution in [2.24, 2.45) is 0 Å². The number of hydrogen-bond acceptors (Lipinski definition) is 7. The number of H-pyrrole nitrogens is 2. The maximum Gasteiger partial charge on any atom is 0.162 e. The predicted octanol–water partition coefficient (Wildman–Crippen LogP) is 3.22. The van der Waals surface area contributed by atoms with Crippen molar-refractivity contribution in [2.45, 2.75) is 0 Å². The van der Waals surface area contributed by atoms with Crippen molar-refractivity contribution in [3.05, 3.63) is 67.4 Å². The first-order valence-corrected chi connectivity index (χ1v) is 9.21. The van der Waals surface area contributed by atoms with Crippen LogP contribution in [0.5, 0.6) is 0 Å². The molecule has 0 bridgehead atoms. The fourth-order valence-corrected chi connectivity index (χ4v) is 3.27. The Bertz CT molecular complexity index is 1480. The minimum absolute atomic E-state index is 0.583. The molecule has 0 aliphatic heterocycles. The third-order valence-electron chi connectivity index (χ3n) is 4.73. The van der Waals surface area contributed by atoms with E-state index in [-0.39, 0.29) is 0 Å². The molecule has 30 heavy (non-hydrogen) atoms. The summed E-state index contributed by atoms with van der Waals surface area (Å²) in [5, 5.41) is 22.8. The van der Waals surface area contributed by atoms with Crippen LogP contribution in [0, 0.1) is 0 Å². The topological polar surface area (TPSA) is 126 Å². The number of benzene rings is 1. The maximum absolute atomic E-state index is 4.73. The first-order valence-electron chi connectivity index (χ1n) is 9.21. The Labute approximate surface area is 169 Å². The monoisotopic (exact) mass is 394 g/mol. The van der Waals surface area contributed by atoms with Crippen molar-refractivity contribution in [1.29, 1.82) is 0 Å². The van der Waals surface area contributed by atoms with E-state index in [0.717, 1.165) is 28.0 Å². The zero-order chi connectivity index (χ0) is 19.9. The molecule has 0 saturated heterocycles. The number of hydrogen-bond donors (Lipinski definition) is 3. The fraction of sp³-hybridized carbons (Fsp3) is 0. The van der Waals surface area contributed by atoms with Gasteiger partial charge in [-0.25, -0.2) is 19.6 Å². The van der Waals surface area contributed by atoms with Crippen molar-refractivity contribution in [3.63, 3.8) is 0 Å². The molecule has 3 N–H and O–H groups in total. The highest BCUT2D eigenvalue weighted by Gasteiger charge is 2.13. The van der Waals surface area contributed by atoms with Gasteiger partial charge in [-0.1, -0.05) is 18.2 Å². The van der Waals surface area contributed by atoms with Crippen LogP contribution in [0.2, 0.25) is 0 Å². The minimum atomic E-state index is 0.583. The highest BCUT2D eigenvalue weighted by Crippen LogP contribution is 2.27. The molecule has 5 aromatic heterocycles. The highest BCUT2D eigenvalue weighted by atomic mass is 15.3. The lowest BCUT2D eigenvalue weighted by atomic mass is 10.1. The molecule has 10 heteroatoms. The third kappa shape index (κ3) is 2.75. The number of aromatic nitrogens is 9. The van der Waals surface area contributed by atoms with Crippen LogP contribution in [-0.2, 0) is 0 Å². The summed E-state index contributed by atoms with van der Waals surface area (Å²) >= 11 is 0. The van der Waals surface area contributed by atoms with Crippen LogP contribution < -0.4 is 5.32 Å². The standard InChI is InChI=1S/C20H14N10/c1-2-6-21-17(3-1)30-11-14(9-24-30)25-20-18-16(10-23-29-18)26-19(27-20)12-4-5-13-8-22-28-15(13)7-12/h1-11H,(H,22,28)(H,23,29)(H,25,26,27). The van der Waals surface area contributed by atoms with Gasteiger partial charge in [0.25, 0.3) is 0 Å². The third-order valence-corrected chi connectivity index (χ3v) is 4.73. The summed E-state index contributed by atoms with van der Waals surface area (Å²) in [5.41, 5.74) is 4.00. The minimum Gasteiger partial charge on any atom is -0.336 e. The largest absolute Gasteiger partial charge is 0.336 e. The number of aromatic amines is 2. The summed E-state index contributed by atoms with van der Waals surface area (Å²) in [5.74, 6) is 1.92. The van der Waals surface area contributed by atoms with Gasteiger partial charge in [0.15, 0.2) is 17.5 Å². The maximum atomic E-state index is 4.73. The average Bonchev–Trinajstić information content (AvgIpc) is 3.54.